The molecule has 1 aromatic heterocycles. The van der Waals surface area contributed by atoms with Crippen molar-refractivity contribution in [2.75, 3.05) is 50.1 Å². The second-order valence-electron chi connectivity index (χ2n) is 11.1. The molecule has 4 N–H and O–H groups in total. The van der Waals surface area contributed by atoms with Gasteiger partial charge in [-0.2, -0.15) is 18.4 Å². The standard InChI is InChI=1S/C31H35F3N6O4S/c32-31(33,34)21-40-24(3-2-13-37-28-11-10-25(45(36,41)42)20-30(28)44-16-12-35)19-26-27(4-1-5-29(26)40)38-22-6-8-23(9-7-22)39-14-17-43-18-15-39/h1,4-5,10-11,19-20,22-23,37-38H,6-9,13-18,21H2,(H2,36,41,42)/t22-,23+. The summed E-state index contributed by atoms with van der Waals surface area (Å²) in [6.07, 6.45) is -0.405. The predicted molar refractivity (Wildman–Crippen MR) is 164 cm³/mol. The summed E-state index contributed by atoms with van der Waals surface area (Å²) in [6, 6.07) is 13.4. The van der Waals surface area contributed by atoms with Crippen LogP contribution in [-0.2, 0) is 21.3 Å². The van der Waals surface area contributed by atoms with Gasteiger partial charge in [-0.1, -0.05) is 12.0 Å². The molecule has 0 radical (unpaired) electrons. The van der Waals surface area contributed by atoms with Gasteiger partial charge in [0.15, 0.2) is 6.61 Å². The van der Waals surface area contributed by atoms with Crippen molar-refractivity contribution in [1.82, 2.24) is 9.47 Å². The Bertz CT molecular complexity index is 1710. The number of rotatable bonds is 9. The van der Waals surface area contributed by atoms with Crippen LogP contribution in [0.3, 0.4) is 0 Å². The first-order chi connectivity index (χ1) is 21.5. The van der Waals surface area contributed by atoms with Crippen LogP contribution in [0.1, 0.15) is 31.4 Å². The minimum Gasteiger partial charge on any atom is -0.477 e. The number of fused-ring (bicyclic) bond motifs is 1. The molecule has 2 fully saturated rings. The van der Waals surface area contributed by atoms with Gasteiger partial charge in [0.05, 0.1) is 41.6 Å². The zero-order chi connectivity index (χ0) is 32.0. The second-order valence-corrected chi connectivity index (χ2v) is 12.6. The molecule has 1 saturated heterocycles. The topological polar surface area (TPSA) is 135 Å². The van der Waals surface area contributed by atoms with Crippen molar-refractivity contribution in [2.45, 2.75) is 55.4 Å². The molecular weight excluding hydrogens is 609 g/mol. The van der Waals surface area contributed by atoms with Crippen molar-refractivity contribution >= 4 is 32.3 Å². The number of benzene rings is 2. The number of sulfonamides is 1. The number of aromatic nitrogens is 1. The number of nitriles is 1. The molecule has 10 nitrogen and oxygen atoms in total. The Labute approximate surface area is 260 Å². The fourth-order valence-electron chi connectivity index (χ4n) is 5.94. The molecule has 0 amide bonds. The van der Waals surface area contributed by atoms with E-state index in [1.807, 2.05) is 12.1 Å². The molecule has 45 heavy (non-hydrogen) atoms. The quantitative estimate of drug-likeness (QED) is 0.294. The van der Waals surface area contributed by atoms with E-state index in [0.29, 0.717) is 22.6 Å². The number of morpholine rings is 1. The predicted octanol–water partition coefficient (Wildman–Crippen LogP) is 4.27. The Morgan fingerprint density at radius 3 is 2.51 bits per heavy atom. The minimum atomic E-state index is -4.46. The number of anilines is 2. The third-order valence-corrected chi connectivity index (χ3v) is 8.97. The number of nitrogens with zero attached hydrogens (tertiary/aromatic N) is 3. The normalized spacial score (nSPS) is 19.4. The van der Waals surface area contributed by atoms with Crippen molar-refractivity contribution in [3.05, 3.63) is 48.2 Å². The Balaban J connectivity index is 1.33. The molecule has 0 unspecified atom stereocenters. The highest BCUT2D eigenvalue weighted by atomic mass is 32.2. The molecule has 1 aliphatic heterocycles. The van der Waals surface area contributed by atoms with Crippen LogP contribution in [0, 0.1) is 23.2 Å². The van der Waals surface area contributed by atoms with Crippen LogP contribution < -0.4 is 20.5 Å². The maximum atomic E-state index is 13.7. The number of nitrogens with one attached hydrogen (secondary N) is 2. The van der Waals surface area contributed by atoms with Crippen LogP contribution in [0.25, 0.3) is 10.9 Å². The highest BCUT2D eigenvalue weighted by Crippen LogP contribution is 2.33. The third kappa shape index (κ3) is 8.41. The molecule has 0 spiro atoms. The molecule has 1 saturated carbocycles. The van der Waals surface area contributed by atoms with Crippen molar-refractivity contribution in [1.29, 1.82) is 5.26 Å². The lowest BCUT2D eigenvalue weighted by molar-refractivity contribution is -0.140. The Morgan fingerprint density at radius 1 is 1.07 bits per heavy atom. The number of nitrogens with two attached hydrogens (primary N) is 1. The van der Waals surface area contributed by atoms with E-state index < -0.39 is 22.7 Å². The lowest BCUT2D eigenvalue weighted by Gasteiger charge is -2.39. The van der Waals surface area contributed by atoms with Gasteiger partial charge in [-0.3, -0.25) is 4.90 Å². The van der Waals surface area contributed by atoms with Gasteiger partial charge in [0.2, 0.25) is 10.0 Å². The van der Waals surface area contributed by atoms with Crippen molar-refractivity contribution in [3.8, 4) is 23.7 Å². The van der Waals surface area contributed by atoms with E-state index in [4.69, 9.17) is 19.9 Å². The Kier molecular flexibility index (Phi) is 10.1. The van der Waals surface area contributed by atoms with E-state index in [1.165, 1.54) is 22.8 Å². The molecule has 0 atom stereocenters. The molecule has 5 rings (SSSR count). The number of halogens is 3. The first-order valence-electron chi connectivity index (χ1n) is 14.7. The van der Waals surface area contributed by atoms with E-state index in [9.17, 15) is 21.6 Å². The summed E-state index contributed by atoms with van der Waals surface area (Å²) >= 11 is 0. The van der Waals surface area contributed by atoms with Gasteiger partial charge in [-0.25, -0.2) is 13.6 Å². The third-order valence-electron chi connectivity index (χ3n) is 8.06. The van der Waals surface area contributed by atoms with Crippen LogP contribution in [0.2, 0.25) is 0 Å². The largest absolute Gasteiger partial charge is 0.477 e. The summed E-state index contributed by atoms with van der Waals surface area (Å²) in [5.41, 5.74) is 1.76. The van der Waals surface area contributed by atoms with Crippen molar-refractivity contribution in [3.63, 3.8) is 0 Å². The average Bonchev–Trinajstić information content (AvgIpc) is 3.35. The summed E-state index contributed by atoms with van der Waals surface area (Å²) in [7, 11) is -4.01. The summed E-state index contributed by atoms with van der Waals surface area (Å²) in [6.45, 7) is 1.92. The van der Waals surface area contributed by atoms with Crippen LogP contribution in [0.5, 0.6) is 5.75 Å². The summed E-state index contributed by atoms with van der Waals surface area (Å²) < 4.78 is 76.4. The number of alkyl halides is 3. The van der Waals surface area contributed by atoms with Gasteiger partial charge in [0.25, 0.3) is 0 Å². The van der Waals surface area contributed by atoms with Crippen LogP contribution in [0.4, 0.5) is 24.5 Å². The van der Waals surface area contributed by atoms with Gasteiger partial charge in [-0.15, -0.1) is 0 Å². The summed E-state index contributed by atoms with van der Waals surface area (Å²) in [5, 5.41) is 21.3. The maximum Gasteiger partial charge on any atom is 0.406 e. The van der Waals surface area contributed by atoms with Crippen LogP contribution in [0.15, 0.2) is 47.4 Å². The van der Waals surface area contributed by atoms with E-state index in [2.05, 4.69) is 27.4 Å². The van der Waals surface area contributed by atoms with Crippen LogP contribution in [-0.4, -0.2) is 75.6 Å². The molecule has 1 aliphatic carbocycles. The van der Waals surface area contributed by atoms with E-state index in [-0.39, 0.29) is 35.5 Å². The SMILES string of the molecule is N#CCOc1cc(S(N)(=O)=O)ccc1NCC#Cc1cc2c(N[C@H]3CC[C@@H](N4CCOCC4)CC3)cccc2n1CC(F)(F)F. The Hall–Kier alpha value is -3.95. The van der Waals surface area contributed by atoms with Crippen molar-refractivity contribution < 1.29 is 31.1 Å². The summed E-state index contributed by atoms with van der Waals surface area (Å²) in [4.78, 5) is 2.30. The Morgan fingerprint density at radius 2 is 1.82 bits per heavy atom. The molecular formula is C31H35F3N6O4S. The van der Waals surface area contributed by atoms with Gasteiger partial charge in [0, 0.05) is 42.3 Å². The van der Waals surface area contributed by atoms with Gasteiger partial charge in [-0.05, 0) is 61.9 Å². The molecule has 240 valence electrons. The minimum absolute atomic E-state index is 0.00265. The molecule has 14 heteroatoms. The molecule has 2 heterocycles. The van der Waals surface area contributed by atoms with E-state index >= 15 is 0 Å². The van der Waals surface area contributed by atoms with Crippen LogP contribution >= 0.6 is 0 Å². The average molecular weight is 645 g/mol. The first kappa shape index (κ1) is 32.4. The number of hydrogen-bond donors (Lipinski definition) is 3. The monoisotopic (exact) mass is 644 g/mol. The molecule has 2 aliphatic rings. The van der Waals surface area contributed by atoms with E-state index in [1.54, 1.807) is 18.2 Å². The molecule has 0 bridgehead atoms. The van der Waals surface area contributed by atoms with E-state index in [0.717, 1.165) is 57.7 Å². The molecule has 3 aromatic rings. The summed E-state index contributed by atoms with van der Waals surface area (Å²) in [5.74, 6) is 5.80. The smallest absolute Gasteiger partial charge is 0.406 e. The lowest BCUT2D eigenvalue weighted by atomic mass is 9.89. The van der Waals surface area contributed by atoms with Gasteiger partial charge in [0.1, 0.15) is 18.4 Å². The van der Waals surface area contributed by atoms with Gasteiger partial charge >= 0.3 is 6.18 Å². The van der Waals surface area contributed by atoms with Gasteiger partial charge < -0.3 is 24.7 Å². The number of ether oxygens (including phenoxy) is 2. The maximum absolute atomic E-state index is 13.7. The highest BCUT2D eigenvalue weighted by Gasteiger charge is 2.31. The lowest BCUT2D eigenvalue weighted by Crippen LogP contribution is -2.46. The first-order valence-corrected chi connectivity index (χ1v) is 16.2. The number of hydrogen-bond acceptors (Lipinski definition) is 8. The number of primary sulfonamides is 1. The molecule has 2 aromatic carbocycles. The zero-order valence-corrected chi connectivity index (χ0v) is 25.4. The van der Waals surface area contributed by atoms with Crippen molar-refractivity contribution in [2.24, 2.45) is 5.14 Å². The second kappa shape index (κ2) is 14.0. The fourth-order valence-corrected chi connectivity index (χ4v) is 6.47. The highest BCUT2D eigenvalue weighted by molar-refractivity contribution is 7.89. The zero-order valence-electron chi connectivity index (χ0n) is 24.6. The fraction of sp³-hybridized carbons (Fsp3) is 0.452.